The van der Waals surface area contributed by atoms with Crippen molar-refractivity contribution in [3.63, 3.8) is 0 Å². The van der Waals surface area contributed by atoms with E-state index in [4.69, 9.17) is 0 Å². The normalized spacial score (nSPS) is 9.75. The molecule has 1 aromatic heterocycles. The second-order valence-electron chi connectivity index (χ2n) is 2.13. The Morgan fingerprint density at radius 1 is 1.75 bits per heavy atom. The summed E-state index contributed by atoms with van der Waals surface area (Å²) < 4.78 is 9.18. The van der Waals surface area contributed by atoms with E-state index in [0.717, 1.165) is 12.7 Å². The van der Waals surface area contributed by atoms with Gasteiger partial charge in [0, 0.05) is 0 Å². The van der Waals surface area contributed by atoms with Crippen molar-refractivity contribution < 1.29 is 19.1 Å². The molecule has 5 nitrogen and oxygen atoms in total. The Balaban J connectivity index is 2.53. The Morgan fingerprint density at radius 2 is 2.50 bits per heavy atom. The highest BCUT2D eigenvalue weighted by molar-refractivity contribution is 5.84. The third-order valence-corrected chi connectivity index (χ3v) is 1.10. The first-order chi connectivity index (χ1) is 5.74. The average Bonchev–Trinajstić information content (AvgIpc) is 2.47. The van der Waals surface area contributed by atoms with Crippen molar-refractivity contribution in [2.24, 2.45) is 0 Å². The van der Waals surface area contributed by atoms with Crippen molar-refractivity contribution >= 4 is 5.97 Å². The van der Waals surface area contributed by atoms with E-state index in [0.29, 0.717) is 6.61 Å². The Bertz CT molecular complexity index is 268. The molecule has 0 saturated heterocycles. The number of rotatable bonds is 3. The first-order valence-electron chi connectivity index (χ1n) is 3.53. The van der Waals surface area contributed by atoms with Crippen LogP contribution in [0.2, 0.25) is 0 Å². The lowest BCUT2D eigenvalue weighted by atomic mass is 10.5. The third kappa shape index (κ3) is 1.98. The molecule has 0 bridgehead atoms. The van der Waals surface area contributed by atoms with Crippen molar-refractivity contribution in [2.75, 3.05) is 6.61 Å². The van der Waals surface area contributed by atoms with Gasteiger partial charge in [0.15, 0.2) is 6.26 Å². The number of carbonyl (C=O) groups excluding carboxylic acids is 1. The van der Waals surface area contributed by atoms with Gasteiger partial charge in [-0.3, -0.25) is 5.11 Å². The molecule has 0 aliphatic rings. The summed E-state index contributed by atoms with van der Waals surface area (Å²) in [5.74, 6) is -1.55. The Kier molecular flexibility index (Phi) is 2.68. The minimum Gasteiger partial charge on any atom is -0.459 e. The molecule has 0 atom stereocenters. The molecule has 5 heteroatoms. The van der Waals surface area contributed by atoms with Gasteiger partial charge in [-0.25, -0.2) is 4.79 Å². The van der Waals surface area contributed by atoms with Gasteiger partial charge in [0.1, 0.15) is 0 Å². The molecule has 0 saturated carbocycles. The minimum absolute atomic E-state index is 0.284. The molecular formula is C7H8NO4. The van der Waals surface area contributed by atoms with Crippen molar-refractivity contribution in [3.8, 4) is 5.88 Å². The number of carbonyl (C=O) groups is 1. The molecule has 65 valence electrons. The van der Waals surface area contributed by atoms with Crippen LogP contribution in [0, 0.1) is 0 Å². The van der Waals surface area contributed by atoms with Crippen LogP contribution in [0.25, 0.3) is 0 Å². The van der Waals surface area contributed by atoms with Crippen LogP contribution in [-0.4, -0.2) is 17.6 Å². The van der Waals surface area contributed by atoms with Crippen LogP contribution in [0.3, 0.4) is 0 Å². The summed E-state index contributed by atoms with van der Waals surface area (Å²) in [7, 11) is 0. The van der Waals surface area contributed by atoms with Crippen LogP contribution in [0.4, 0.5) is 0 Å². The Hall–Kier alpha value is -1.52. The number of ether oxygens (including phenoxy) is 1. The van der Waals surface area contributed by atoms with Crippen molar-refractivity contribution in [3.05, 3.63) is 12.2 Å². The molecule has 0 N–H and O–H groups in total. The van der Waals surface area contributed by atoms with Gasteiger partial charge in [-0.1, -0.05) is 6.92 Å². The van der Waals surface area contributed by atoms with Gasteiger partial charge < -0.3 is 9.15 Å². The molecule has 1 rings (SSSR count). The van der Waals surface area contributed by atoms with Crippen molar-refractivity contribution in [1.29, 1.82) is 0 Å². The lowest BCUT2D eigenvalue weighted by molar-refractivity contribution is 0.0459. The highest BCUT2D eigenvalue weighted by Crippen LogP contribution is 2.09. The van der Waals surface area contributed by atoms with E-state index >= 15 is 0 Å². The molecule has 1 aromatic rings. The lowest BCUT2D eigenvalue weighted by Crippen LogP contribution is -2.05. The van der Waals surface area contributed by atoms with Crippen LogP contribution in [0.5, 0.6) is 5.88 Å². The summed E-state index contributed by atoms with van der Waals surface area (Å²) in [5.41, 5.74) is 0. The average molecular weight is 170 g/mol. The van der Waals surface area contributed by atoms with Crippen LogP contribution in [0.15, 0.2) is 10.7 Å². The maximum absolute atomic E-state index is 10.9. The number of esters is 1. The highest BCUT2D eigenvalue weighted by atomic mass is 16.5. The Labute approximate surface area is 69.0 Å². The third-order valence-electron chi connectivity index (χ3n) is 1.10. The number of oxazole rings is 1. The van der Waals surface area contributed by atoms with E-state index in [1.165, 1.54) is 0 Å². The SMILES string of the molecule is CCCOC(=O)c1nc([O])co1. The van der Waals surface area contributed by atoms with Crippen LogP contribution >= 0.6 is 0 Å². The summed E-state index contributed by atoms with van der Waals surface area (Å²) in [6.45, 7) is 2.16. The first kappa shape index (κ1) is 8.58. The predicted molar refractivity (Wildman–Crippen MR) is 37.2 cm³/mol. The number of hydrogen-bond acceptors (Lipinski definition) is 4. The van der Waals surface area contributed by atoms with Gasteiger partial charge in [-0.15, -0.1) is 0 Å². The number of nitrogens with zero attached hydrogens (tertiary/aromatic N) is 1. The molecule has 0 spiro atoms. The second kappa shape index (κ2) is 3.75. The summed E-state index contributed by atoms with van der Waals surface area (Å²) in [5, 5.41) is 10.5. The molecule has 0 unspecified atom stereocenters. The maximum Gasteiger partial charge on any atom is 0.394 e. The van der Waals surface area contributed by atoms with Crippen molar-refractivity contribution in [2.45, 2.75) is 13.3 Å². The van der Waals surface area contributed by atoms with E-state index in [2.05, 4.69) is 14.1 Å². The maximum atomic E-state index is 10.9. The zero-order valence-corrected chi connectivity index (χ0v) is 6.57. The van der Waals surface area contributed by atoms with E-state index in [9.17, 15) is 9.90 Å². The lowest BCUT2D eigenvalue weighted by Gasteiger charge is -1.96. The van der Waals surface area contributed by atoms with E-state index < -0.39 is 11.8 Å². The molecule has 12 heavy (non-hydrogen) atoms. The zero-order chi connectivity index (χ0) is 8.97. The molecule has 0 aromatic carbocycles. The quantitative estimate of drug-likeness (QED) is 0.642. The smallest absolute Gasteiger partial charge is 0.394 e. The zero-order valence-electron chi connectivity index (χ0n) is 6.57. The van der Waals surface area contributed by atoms with Gasteiger partial charge >= 0.3 is 17.7 Å². The molecule has 1 radical (unpaired) electrons. The van der Waals surface area contributed by atoms with Gasteiger partial charge in [-0.2, -0.15) is 4.98 Å². The molecule has 0 fully saturated rings. The van der Waals surface area contributed by atoms with E-state index in [1.807, 2.05) is 6.92 Å². The number of hydrogen-bond donors (Lipinski definition) is 0. The van der Waals surface area contributed by atoms with Gasteiger partial charge in [0.25, 0.3) is 0 Å². The molecule has 0 aliphatic heterocycles. The van der Waals surface area contributed by atoms with Crippen LogP contribution in [-0.2, 0) is 9.84 Å². The second-order valence-corrected chi connectivity index (χ2v) is 2.13. The van der Waals surface area contributed by atoms with Crippen molar-refractivity contribution in [1.82, 2.24) is 4.98 Å². The summed E-state index contributed by atoms with van der Waals surface area (Å²) in [6.07, 6.45) is 1.58. The Morgan fingerprint density at radius 3 is 3.00 bits per heavy atom. The fourth-order valence-electron chi connectivity index (χ4n) is 0.609. The largest absolute Gasteiger partial charge is 0.459 e. The number of aromatic nitrogens is 1. The van der Waals surface area contributed by atoms with Gasteiger partial charge in [-0.05, 0) is 6.42 Å². The molecule has 0 amide bonds. The first-order valence-corrected chi connectivity index (χ1v) is 3.53. The molecular weight excluding hydrogens is 162 g/mol. The fraction of sp³-hybridized carbons (Fsp3) is 0.429. The van der Waals surface area contributed by atoms with E-state index in [1.54, 1.807) is 0 Å². The van der Waals surface area contributed by atoms with Crippen LogP contribution in [0.1, 0.15) is 24.0 Å². The summed E-state index contributed by atoms with van der Waals surface area (Å²) in [6, 6.07) is 0. The molecule has 1 heterocycles. The summed E-state index contributed by atoms with van der Waals surface area (Å²) in [4.78, 5) is 14.2. The van der Waals surface area contributed by atoms with Gasteiger partial charge in [0.05, 0.1) is 6.61 Å². The highest BCUT2D eigenvalue weighted by Gasteiger charge is 2.14. The molecule has 0 aliphatic carbocycles. The monoisotopic (exact) mass is 170 g/mol. The van der Waals surface area contributed by atoms with E-state index in [-0.39, 0.29) is 5.89 Å². The fourth-order valence-corrected chi connectivity index (χ4v) is 0.609. The predicted octanol–water partition coefficient (Wildman–Crippen LogP) is 1.39. The topological polar surface area (TPSA) is 72.2 Å². The van der Waals surface area contributed by atoms with Gasteiger partial charge in [0.2, 0.25) is 0 Å². The van der Waals surface area contributed by atoms with Crippen LogP contribution < -0.4 is 0 Å². The standard InChI is InChI=1S/C7H8NO4/c1-2-3-11-7(10)6-8-5(9)4-12-6/h4H,2-3H2,1H3. The minimum atomic E-state index is -0.695. The summed E-state index contributed by atoms with van der Waals surface area (Å²) >= 11 is 0.